The third kappa shape index (κ3) is 5.61. The van der Waals surface area contributed by atoms with Gasteiger partial charge in [0.05, 0.1) is 16.8 Å². The second-order valence-electron chi connectivity index (χ2n) is 9.28. The highest BCUT2D eigenvalue weighted by Gasteiger charge is 2.23. The van der Waals surface area contributed by atoms with Gasteiger partial charge in [0.1, 0.15) is 17.4 Å². The minimum absolute atomic E-state index is 0.0328. The molecule has 2 N–H and O–H groups in total. The lowest BCUT2D eigenvalue weighted by Crippen LogP contribution is -2.28. The van der Waals surface area contributed by atoms with Gasteiger partial charge in [-0.15, -0.1) is 0 Å². The largest absolute Gasteiger partial charge is 0.453 e. The molecule has 0 unspecified atom stereocenters. The Labute approximate surface area is 196 Å². The van der Waals surface area contributed by atoms with Gasteiger partial charge in [0.15, 0.2) is 16.8 Å². The second kappa shape index (κ2) is 10.3. The molecule has 0 atom stereocenters. The van der Waals surface area contributed by atoms with E-state index in [1.54, 1.807) is 20.8 Å². The average Bonchev–Trinajstić information content (AvgIpc) is 2.76. The van der Waals surface area contributed by atoms with E-state index in [1.165, 1.54) is 12.1 Å². The summed E-state index contributed by atoms with van der Waals surface area (Å²) in [6.07, 6.45) is 3.80. The summed E-state index contributed by atoms with van der Waals surface area (Å²) in [5.41, 5.74) is -1.76. The molecule has 3 rings (SSSR count). The molecule has 0 aliphatic carbocycles. The highest BCUT2D eigenvalue weighted by atomic mass is 19.1. The van der Waals surface area contributed by atoms with Crippen LogP contribution in [-0.2, 0) is 4.79 Å². The van der Waals surface area contributed by atoms with Crippen molar-refractivity contribution in [2.75, 3.05) is 17.2 Å². The van der Waals surface area contributed by atoms with Crippen molar-refractivity contribution < 1.29 is 22.4 Å². The first-order chi connectivity index (χ1) is 16.0. The number of hydrogen-bond donors (Lipinski definition) is 2. The summed E-state index contributed by atoms with van der Waals surface area (Å²) < 4.78 is 49.3. The fourth-order valence-corrected chi connectivity index (χ4v) is 3.43. The molecule has 0 bridgehead atoms. The zero-order valence-electron chi connectivity index (χ0n) is 19.8. The average molecular weight is 475 g/mol. The molecule has 1 aromatic heterocycles. The van der Waals surface area contributed by atoms with Crippen molar-refractivity contribution in [1.29, 1.82) is 0 Å². The van der Waals surface area contributed by atoms with Crippen molar-refractivity contribution in [2.45, 2.75) is 53.4 Å². The van der Waals surface area contributed by atoms with Crippen molar-refractivity contribution in [1.82, 2.24) is 0 Å². The lowest BCUT2D eigenvalue weighted by molar-refractivity contribution is -0.123. The number of benzene rings is 2. The predicted octanol–water partition coefficient (Wildman–Crippen LogP) is 6.85. The number of carbonyl (C=O) groups excluding carboxylic acids is 1. The van der Waals surface area contributed by atoms with Crippen LogP contribution < -0.4 is 16.1 Å². The maximum absolute atomic E-state index is 14.7. The Hall–Kier alpha value is -3.29. The summed E-state index contributed by atoms with van der Waals surface area (Å²) in [7, 11) is 0. The molecule has 1 amide bonds. The Kier molecular flexibility index (Phi) is 7.69. The summed E-state index contributed by atoms with van der Waals surface area (Å²) in [5, 5.41) is 5.17. The van der Waals surface area contributed by atoms with E-state index in [0.717, 1.165) is 37.8 Å². The van der Waals surface area contributed by atoms with Gasteiger partial charge in [-0.05, 0) is 24.6 Å². The minimum atomic E-state index is -1.03. The van der Waals surface area contributed by atoms with Crippen molar-refractivity contribution in [3.63, 3.8) is 0 Å². The topological polar surface area (TPSA) is 71.3 Å². The first-order valence-corrected chi connectivity index (χ1v) is 11.3. The van der Waals surface area contributed by atoms with Crippen LogP contribution in [0.5, 0.6) is 0 Å². The molecule has 2 aromatic carbocycles. The van der Waals surface area contributed by atoms with Crippen molar-refractivity contribution in [3.05, 3.63) is 58.0 Å². The van der Waals surface area contributed by atoms with Gasteiger partial charge in [0.2, 0.25) is 5.91 Å². The first-order valence-electron chi connectivity index (χ1n) is 11.3. The summed E-state index contributed by atoms with van der Waals surface area (Å²) in [5.74, 6) is -3.10. The van der Waals surface area contributed by atoms with E-state index in [1.807, 2.05) is 0 Å². The Morgan fingerprint density at radius 3 is 2.35 bits per heavy atom. The van der Waals surface area contributed by atoms with E-state index in [-0.39, 0.29) is 34.0 Å². The van der Waals surface area contributed by atoms with E-state index in [0.29, 0.717) is 12.6 Å². The van der Waals surface area contributed by atoms with E-state index >= 15 is 0 Å². The zero-order chi connectivity index (χ0) is 25.0. The van der Waals surface area contributed by atoms with Gasteiger partial charge in [-0.25, -0.2) is 13.2 Å². The number of amides is 1. The molecule has 1 heterocycles. The van der Waals surface area contributed by atoms with Crippen molar-refractivity contribution >= 4 is 28.3 Å². The van der Waals surface area contributed by atoms with Crippen LogP contribution in [-0.4, -0.2) is 12.5 Å². The molecular weight excluding hydrogens is 445 g/mol. The number of carbonyl (C=O) groups is 1. The van der Waals surface area contributed by atoms with Crippen LogP contribution in [0, 0.1) is 22.9 Å². The SMILES string of the molecule is CCCCCCNc1c(F)cc(F)c2oc(-c3ccc(NC(=O)C(C)(C)C)c(F)c3)cc(=O)c12. The highest BCUT2D eigenvalue weighted by Crippen LogP contribution is 2.31. The summed E-state index contributed by atoms with van der Waals surface area (Å²) >= 11 is 0. The van der Waals surface area contributed by atoms with Gasteiger partial charge >= 0.3 is 0 Å². The molecule has 0 saturated heterocycles. The summed E-state index contributed by atoms with van der Waals surface area (Å²) in [6, 6.07) is 5.60. The number of hydrogen-bond acceptors (Lipinski definition) is 4. The maximum atomic E-state index is 14.7. The van der Waals surface area contributed by atoms with Gasteiger partial charge in [0.25, 0.3) is 0 Å². The fourth-order valence-electron chi connectivity index (χ4n) is 3.43. The quantitative estimate of drug-likeness (QED) is 0.350. The number of fused-ring (bicyclic) bond motifs is 1. The maximum Gasteiger partial charge on any atom is 0.229 e. The first kappa shape index (κ1) is 25.3. The van der Waals surface area contributed by atoms with E-state index in [9.17, 15) is 22.8 Å². The van der Waals surface area contributed by atoms with Gasteiger partial charge in [-0.1, -0.05) is 47.0 Å². The summed E-state index contributed by atoms with van der Waals surface area (Å²) in [6.45, 7) is 7.59. The van der Waals surface area contributed by atoms with Crippen molar-refractivity contribution in [3.8, 4) is 11.3 Å². The molecule has 0 radical (unpaired) electrons. The highest BCUT2D eigenvalue weighted by molar-refractivity contribution is 5.95. The molecule has 0 saturated carbocycles. The van der Waals surface area contributed by atoms with E-state index < -0.39 is 33.9 Å². The molecule has 34 heavy (non-hydrogen) atoms. The lowest BCUT2D eigenvalue weighted by atomic mass is 9.95. The molecule has 0 spiro atoms. The smallest absolute Gasteiger partial charge is 0.229 e. The summed E-state index contributed by atoms with van der Waals surface area (Å²) in [4.78, 5) is 25.0. The monoisotopic (exact) mass is 474 g/mol. The Morgan fingerprint density at radius 2 is 1.71 bits per heavy atom. The van der Waals surface area contributed by atoms with Crippen LogP contribution in [0.15, 0.2) is 39.5 Å². The second-order valence-corrected chi connectivity index (χ2v) is 9.28. The number of halogens is 3. The Morgan fingerprint density at radius 1 is 0.971 bits per heavy atom. The molecule has 0 aliphatic heterocycles. The van der Waals surface area contributed by atoms with Gasteiger partial charge < -0.3 is 15.1 Å². The Bertz CT molecular complexity index is 1260. The van der Waals surface area contributed by atoms with Gasteiger partial charge in [0, 0.05) is 29.7 Å². The third-order valence-corrected chi connectivity index (χ3v) is 5.42. The molecule has 8 heteroatoms. The van der Waals surface area contributed by atoms with Crippen LogP contribution in [0.25, 0.3) is 22.3 Å². The van der Waals surface area contributed by atoms with Gasteiger partial charge in [-0.3, -0.25) is 9.59 Å². The number of rotatable bonds is 8. The van der Waals surface area contributed by atoms with Crippen LogP contribution in [0.2, 0.25) is 0 Å². The third-order valence-electron chi connectivity index (χ3n) is 5.42. The molecular formula is C26H29F3N2O3. The molecule has 182 valence electrons. The van der Waals surface area contributed by atoms with Crippen LogP contribution >= 0.6 is 0 Å². The minimum Gasteiger partial charge on any atom is -0.453 e. The normalized spacial score (nSPS) is 11.6. The number of anilines is 2. The van der Waals surface area contributed by atoms with E-state index in [4.69, 9.17) is 4.42 Å². The molecule has 3 aromatic rings. The van der Waals surface area contributed by atoms with Crippen LogP contribution in [0.1, 0.15) is 53.4 Å². The Balaban J connectivity index is 1.97. The number of nitrogens with one attached hydrogen (secondary N) is 2. The molecule has 0 aliphatic rings. The van der Waals surface area contributed by atoms with Crippen molar-refractivity contribution in [2.24, 2.45) is 5.41 Å². The van der Waals surface area contributed by atoms with Crippen LogP contribution in [0.3, 0.4) is 0 Å². The standard InChI is InChI=1S/C26H29F3N2O3/c1-5-6-7-8-11-30-23-17(28)13-18(29)24-22(23)20(32)14-21(34-24)15-9-10-19(16(27)12-15)31-25(33)26(2,3)4/h9-10,12-14,30H,5-8,11H2,1-4H3,(H,31,33). The zero-order valence-corrected chi connectivity index (χ0v) is 19.8. The van der Waals surface area contributed by atoms with Gasteiger partial charge in [-0.2, -0.15) is 0 Å². The van der Waals surface area contributed by atoms with Crippen LogP contribution in [0.4, 0.5) is 24.5 Å². The fraction of sp³-hybridized carbons (Fsp3) is 0.385. The molecule has 5 nitrogen and oxygen atoms in total. The molecule has 0 fully saturated rings. The predicted molar refractivity (Wildman–Crippen MR) is 129 cm³/mol. The lowest BCUT2D eigenvalue weighted by Gasteiger charge is -2.18. The number of unbranched alkanes of at least 4 members (excludes halogenated alkanes) is 3. The van der Waals surface area contributed by atoms with E-state index in [2.05, 4.69) is 17.6 Å².